The largest absolute Gasteiger partial charge is 0.456 e. The van der Waals surface area contributed by atoms with Crippen LogP contribution in [0.15, 0.2) is 211 Å². The molecule has 0 aliphatic carbocycles. The van der Waals surface area contributed by atoms with E-state index < -0.39 is 0 Å². The van der Waals surface area contributed by atoms with E-state index in [0.717, 1.165) is 50.2 Å². The quantitative estimate of drug-likeness (QED) is 0.176. The van der Waals surface area contributed by atoms with Crippen LogP contribution in [0.5, 0.6) is 0 Å². The van der Waals surface area contributed by atoms with E-state index in [-0.39, 0.29) is 0 Å². The number of aromatic nitrogens is 1. The normalized spacial score (nSPS) is 11.9. The monoisotopic (exact) mass is 726 g/mol. The molecule has 3 heteroatoms. The first kappa shape index (κ1) is 31.7. The maximum Gasteiger partial charge on any atom is 0.136 e. The third-order valence-corrected chi connectivity index (χ3v) is 11.7. The first-order valence-corrected chi connectivity index (χ1v) is 19.5. The summed E-state index contributed by atoms with van der Waals surface area (Å²) in [6.07, 6.45) is 0. The summed E-state index contributed by atoms with van der Waals surface area (Å²) in [6.45, 7) is 0. The zero-order valence-corrected chi connectivity index (χ0v) is 30.9. The van der Waals surface area contributed by atoms with Crippen LogP contribution >= 0.6 is 0 Å². The zero-order valence-electron chi connectivity index (χ0n) is 30.9. The highest BCUT2D eigenvalue weighted by Gasteiger charge is 2.21. The fourth-order valence-corrected chi connectivity index (χ4v) is 8.98. The minimum atomic E-state index is 0.874. The van der Waals surface area contributed by atoms with Crippen molar-refractivity contribution >= 4 is 93.1 Å². The molecule has 0 bridgehead atoms. The molecule has 0 N–H and O–H groups in total. The van der Waals surface area contributed by atoms with E-state index in [1.807, 2.05) is 0 Å². The molecule has 10 aromatic carbocycles. The molecule has 0 radical (unpaired) electrons. The highest BCUT2D eigenvalue weighted by atomic mass is 16.3. The summed E-state index contributed by atoms with van der Waals surface area (Å²) in [5.74, 6) is 0. The Kier molecular flexibility index (Phi) is 6.93. The smallest absolute Gasteiger partial charge is 0.136 e. The summed E-state index contributed by atoms with van der Waals surface area (Å²) in [5, 5.41) is 11.8. The van der Waals surface area contributed by atoms with E-state index in [9.17, 15) is 0 Å². The molecule has 3 nitrogen and oxygen atoms in total. The summed E-state index contributed by atoms with van der Waals surface area (Å²) >= 11 is 0. The number of benzene rings is 10. The van der Waals surface area contributed by atoms with Gasteiger partial charge in [-0.1, -0.05) is 127 Å². The van der Waals surface area contributed by atoms with E-state index >= 15 is 0 Å². The Morgan fingerprint density at radius 1 is 0.333 bits per heavy atom. The average Bonchev–Trinajstić information content (AvgIpc) is 3.80. The van der Waals surface area contributed by atoms with Crippen molar-refractivity contribution in [3.63, 3.8) is 0 Å². The number of anilines is 3. The van der Waals surface area contributed by atoms with Crippen molar-refractivity contribution in [1.82, 2.24) is 4.57 Å². The molecule has 0 aliphatic heterocycles. The molecule has 0 amide bonds. The van der Waals surface area contributed by atoms with Crippen LogP contribution in [0.2, 0.25) is 0 Å². The number of hydrogen-bond donors (Lipinski definition) is 0. The van der Waals surface area contributed by atoms with Crippen LogP contribution in [0, 0.1) is 0 Å². The second kappa shape index (κ2) is 12.5. The van der Waals surface area contributed by atoms with Gasteiger partial charge in [0.05, 0.1) is 16.7 Å². The van der Waals surface area contributed by atoms with Crippen LogP contribution < -0.4 is 4.90 Å². The van der Waals surface area contributed by atoms with E-state index in [2.05, 4.69) is 216 Å². The van der Waals surface area contributed by atoms with Crippen molar-refractivity contribution in [2.75, 3.05) is 4.90 Å². The maximum atomic E-state index is 6.52. The van der Waals surface area contributed by atoms with Gasteiger partial charge in [0.1, 0.15) is 11.2 Å². The number of furan rings is 1. The molecule has 0 fully saturated rings. The van der Waals surface area contributed by atoms with Gasteiger partial charge in [0.25, 0.3) is 0 Å². The molecule has 266 valence electrons. The van der Waals surface area contributed by atoms with Gasteiger partial charge in [-0.3, -0.25) is 0 Å². The molecule has 0 atom stereocenters. The molecule has 0 saturated heterocycles. The summed E-state index contributed by atoms with van der Waals surface area (Å²) in [5.41, 5.74) is 10.8. The first-order chi connectivity index (χ1) is 28.2. The Balaban J connectivity index is 1.15. The molecule has 12 rings (SSSR count). The highest BCUT2D eigenvalue weighted by Crippen LogP contribution is 2.45. The van der Waals surface area contributed by atoms with Crippen molar-refractivity contribution in [2.24, 2.45) is 0 Å². The van der Waals surface area contributed by atoms with Gasteiger partial charge in [-0.25, -0.2) is 0 Å². The molecule has 2 heterocycles. The standard InChI is InChI=1S/C54H34N2O/c1-2-17-42(18-3-1)56-50-21-11-10-20-46(50)47-26-24-44(34-52(47)56)55(43-25-27-53-49(33-43)48-30-37-14-6-7-15-38(37)32-54(48)57-53)51-31-41(29-40-16-8-9-19-45(40)51)39-23-22-35-12-4-5-13-36(35)28-39/h1-34H. The molecule has 0 unspecified atom stereocenters. The molecule has 57 heavy (non-hydrogen) atoms. The van der Waals surface area contributed by atoms with E-state index in [0.29, 0.717) is 0 Å². The van der Waals surface area contributed by atoms with Gasteiger partial charge in [0.15, 0.2) is 0 Å². The highest BCUT2D eigenvalue weighted by molar-refractivity contribution is 6.13. The molecular weight excluding hydrogens is 693 g/mol. The molecule has 0 spiro atoms. The third kappa shape index (κ3) is 5.06. The predicted octanol–water partition coefficient (Wildman–Crippen LogP) is 15.3. The maximum absolute atomic E-state index is 6.52. The number of fused-ring (bicyclic) bond motifs is 9. The second-order valence-electron chi connectivity index (χ2n) is 15.0. The minimum Gasteiger partial charge on any atom is -0.456 e. The lowest BCUT2D eigenvalue weighted by Gasteiger charge is -2.28. The number of rotatable bonds is 5. The lowest BCUT2D eigenvalue weighted by Crippen LogP contribution is -2.11. The van der Waals surface area contributed by atoms with Gasteiger partial charge in [0.2, 0.25) is 0 Å². The van der Waals surface area contributed by atoms with E-state index in [4.69, 9.17) is 4.42 Å². The van der Waals surface area contributed by atoms with Crippen molar-refractivity contribution in [3.8, 4) is 16.8 Å². The van der Waals surface area contributed by atoms with E-state index in [1.54, 1.807) is 0 Å². The number of hydrogen-bond acceptors (Lipinski definition) is 2. The second-order valence-corrected chi connectivity index (χ2v) is 15.0. The number of nitrogens with zero attached hydrogens (tertiary/aromatic N) is 2. The lowest BCUT2D eigenvalue weighted by atomic mass is 9.96. The zero-order chi connectivity index (χ0) is 37.5. The van der Waals surface area contributed by atoms with Gasteiger partial charge >= 0.3 is 0 Å². The third-order valence-electron chi connectivity index (χ3n) is 11.7. The van der Waals surface area contributed by atoms with Crippen LogP contribution in [0.25, 0.3) is 92.9 Å². The SMILES string of the molecule is c1ccc(-n2c3ccccc3c3ccc(N(c4ccc5oc6cc7ccccc7cc6c5c4)c4cc(-c5ccc6ccccc6c5)cc5ccccc45)cc32)cc1. The Morgan fingerprint density at radius 3 is 1.79 bits per heavy atom. The van der Waals surface area contributed by atoms with Crippen molar-refractivity contribution in [3.05, 3.63) is 206 Å². The summed E-state index contributed by atoms with van der Waals surface area (Å²) in [7, 11) is 0. The molecule has 2 aromatic heterocycles. The summed E-state index contributed by atoms with van der Waals surface area (Å²) in [4.78, 5) is 2.44. The molecule has 12 aromatic rings. The minimum absolute atomic E-state index is 0.874. The van der Waals surface area contributed by atoms with Crippen molar-refractivity contribution in [2.45, 2.75) is 0 Å². The van der Waals surface area contributed by atoms with Crippen molar-refractivity contribution < 1.29 is 4.42 Å². The van der Waals surface area contributed by atoms with Gasteiger partial charge in [-0.05, 0) is 117 Å². The van der Waals surface area contributed by atoms with Crippen LogP contribution in [-0.2, 0) is 0 Å². The van der Waals surface area contributed by atoms with Crippen LogP contribution in [0.3, 0.4) is 0 Å². The van der Waals surface area contributed by atoms with Gasteiger partial charge in [0, 0.05) is 44.0 Å². The Hall–Kier alpha value is -7.62. The fourth-order valence-electron chi connectivity index (χ4n) is 8.98. The molecule has 0 saturated carbocycles. The van der Waals surface area contributed by atoms with Gasteiger partial charge in [-0.2, -0.15) is 0 Å². The molecular formula is C54H34N2O. The lowest BCUT2D eigenvalue weighted by molar-refractivity contribution is 0.669. The number of para-hydroxylation sites is 2. The van der Waals surface area contributed by atoms with Crippen LogP contribution in [0.1, 0.15) is 0 Å². The van der Waals surface area contributed by atoms with Gasteiger partial charge in [-0.15, -0.1) is 0 Å². The predicted molar refractivity (Wildman–Crippen MR) is 241 cm³/mol. The fraction of sp³-hybridized carbons (Fsp3) is 0. The Bertz CT molecular complexity index is 3540. The summed E-state index contributed by atoms with van der Waals surface area (Å²) < 4.78 is 8.92. The van der Waals surface area contributed by atoms with Crippen LogP contribution in [-0.4, -0.2) is 4.57 Å². The topological polar surface area (TPSA) is 21.3 Å². The molecule has 0 aliphatic rings. The van der Waals surface area contributed by atoms with E-state index in [1.165, 1.54) is 59.7 Å². The Labute approximate surface area is 328 Å². The van der Waals surface area contributed by atoms with Crippen molar-refractivity contribution in [1.29, 1.82) is 0 Å². The first-order valence-electron chi connectivity index (χ1n) is 19.5. The van der Waals surface area contributed by atoms with Gasteiger partial charge < -0.3 is 13.9 Å². The Morgan fingerprint density at radius 2 is 0.947 bits per heavy atom. The average molecular weight is 727 g/mol. The summed E-state index contributed by atoms with van der Waals surface area (Å²) in [6, 6.07) is 74.8. The van der Waals surface area contributed by atoms with Crippen LogP contribution in [0.4, 0.5) is 17.1 Å².